The zero-order valence-electron chi connectivity index (χ0n) is 9.45. The summed E-state index contributed by atoms with van der Waals surface area (Å²) >= 11 is -1.62. The third kappa shape index (κ3) is 2.57. The first-order valence-corrected chi connectivity index (χ1v) is 9.23. The summed E-state index contributed by atoms with van der Waals surface area (Å²) in [7, 11) is 12.5. The molecule has 0 rings (SSSR count). The van der Waals surface area contributed by atoms with Crippen LogP contribution in [0.1, 0.15) is 53.9 Å². The quantitative estimate of drug-likeness (QED) is 0.595. The highest BCUT2D eigenvalue weighted by Crippen LogP contribution is 2.57. The molecule has 0 unspecified atom stereocenters. The van der Waals surface area contributed by atoms with Crippen LogP contribution in [0.2, 0.25) is 4.28 Å². The molecule has 0 bridgehead atoms. The van der Waals surface area contributed by atoms with Gasteiger partial charge in [0.15, 0.2) is 0 Å². The van der Waals surface area contributed by atoms with Crippen molar-refractivity contribution in [2.24, 2.45) is 5.41 Å². The Labute approximate surface area is 95.8 Å². The molecule has 3 heteroatoms. The van der Waals surface area contributed by atoms with Gasteiger partial charge in [0, 0.05) is 0 Å². The summed E-state index contributed by atoms with van der Waals surface area (Å²) in [5.41, 5.74) is 0.275. The van der Waals surface area contributed by atoms with E-state index in [-0.39, 0.29) is 9.69 Å². The molecule has 0 saturated heterocycles. The Hall–Kier alpha value is 1.11. The molecular weight excluding hydrogens is 218 g/mol. The Morgan fingerprint density at radius 2 is 1.31 bits per heavy atom. The Kier molecular flexibility index (Phi) is 5.72. The van der Waals surface area contributed by atoms with Crippen LogP contribution in [0.4, 0.5) is 0 Å². The van der Waals surface area contributed by atoms with Crippen LogP contribution in [0.15, 0.2) is 0 Å². The van der Waals surface area contributed by atoms with E-state index >= 15 is 0 Å². The van der Waals surface area contributed by atoms with Gasteiger partial charge in [-0.3, -0.25) is 0 Å². The van der Waals surface area contributed by atoms with Gasteiger partial charge in [0.05, 0.1) is 0 Å². The van der Waals surface area contributed by atoms with Crippen LogP contribution in [-0.2, 0) is 0 Å². The minimum Gasteiger partial charge on any atom is -0.233 e. The monoisotopic (exact) mass is 238 g/mol. The summed E-state index contributed by atoms with van der Waals surface area (Å²) in [4.78, 5) is 0. The maximum absolute atomic E-state index is 6.27. The van der Waals surface area contributed by atoms with Crippen molar-refractivity contribution in [2.45, 2.75) is 58.2 Å². The molecule has 78 valence electrons. The summed E-state index contributed by atoms with van der Waals surface area (Å²) in [6, 6.07) is 0. The van der Waals surface area contributed by atoms with Crippen molar-refractivity contribution in [3.05, 3.63) is 0 Å². The van der Waals surface area contributed by atoms with Gasteiger partial charge < -0.3 is 0 Å². The van der Waals surface area contributed by atoms with Crippen LogP contribution in [0.3, 0.4) is 0 Å². The molecule has 0 amide bonds. The van der Waals surface area contributed by atoms with E-state index in [2.05, 4.69) is 34.6 Å². The van der Waals surface area contributed by atoms with Crippen molar-refractivity contribution in [1.82, 2.24) is 0 Å². The number of hydrogen-bond acceptors (Lipinski definition) is 0. The Morgan fingerprint density at radius 1 is 0.923 bits per heavy atom. The van der Waals surface area contributed by atoms with Crippen molar-refractivity contribution in [1.29, 1.82) is 0 Å². The second kappa shape index (κ2) is 5.27. The van der Waals surface area contributed by atoms with E-state index < -0.39 is 12.3 Å². The highest BCUT2D eigenvalue weighted by molar-refractivity contribution is 7.35. The van der Waals surface area contributed by atoms with Gasteiger partial charge in [-0.05, 0) is 9.69 Å². The van der Waals surface area contributed by atoms with Gasteiger partial charge in [0.2, 0.25) is 0 Å². The lowest BCUT2D eigenvalue weighted by atomic mass is 9.73. The lowest BCUT2D eigenvalue weighted by Crippen LogP contribution is -2.37. The van der Waals surface area contributed by atoms with Crippen LogP contribution >= 0.6 is 20.1 Å². The molecule has 0 nitrogen and oxygen atoms in total. The molecule has 0 saturated carbocycles. The van der Waals surface area contributed by atoms with Crippen LogP contribution in [0, 0.1) is 5.41 Å². The number of halogens is 2. The van der Waals surface area contributed by atoms with Gasteiger partial charge in [-0.15, -0.1) is 0 Å². The molecule has 0 fully saturated rings. The minimum absolute atomic E-state index is 0.199. The van der Waals surface area contributed by atoms with Gasteiger partial charge in [-0.2, -0.15) is 0 Å². The van der Waals surface area contributed by atoms with Gasteiger partial charge in [0.25, 0.3) is 0 Å². The molecule has 0 spiro atoms. The zero-order chi connectivity index (χ0) is 10.7. The Bertz CT molecular complexity index is 151. The van der Waals surface area contributed by atoms with E-state index in [1.165, 1.54) is 0 Å². The predicted octanol–water partition coefficient (Wildman–Crippen LogP) is 4.95. The molecule has 0 aromatic carbocycles. The molecule has 0 heterocycles. The molecule has 0 aromatic heterocycles. The SMILES string of the molecule is CCC(C)(C)[C](CC)(CC)[Al]([Cl])[Cl]. The fraction of sp³-hybridized carbons (Fsp3) is 1.00. The Balaban J connectivity index is 4.97. The molecule has 0 radical (unpaired) electrons. The second-order valence-electron chi connectivity index (χ2n) is 4.40. The highest BCUT2D eigenvalue weighted by atomic mass is 35.7. The van der Waals surface area contributed by atoms with Gasteiger partial charge in [-0.25, -0.2) is 20.1 Å². The van der Waals surface area contributed by atoms with Crippen LogP contribution < -0.4 is 0 Å². The molecular formula is C10H21AlCl2. The standard InChI is InChI=1S/C10H21.Al.2ClH/c1-6-9(7-2)10(4,5)8-3;;;/h6-8H2,1-5H3;;2*1H/q;+2;;/p-2. The molecule has 0 aliphatic carbocycles. The van der Waals surface area contributed by atoms with Crippen molar-refractivity contribution < 1.29 is 0 Å². The zero-order valence-corrected chi connectivity index (χ0v) is 12.1. The first kappa shape index (κ1) is 14.1. The Morgan fingerprint density at radius 3 is 1.38 bits per heavy atom. The third-order valence-corrected chi connectivity index (χ3v) is 8.85. The highest BCUT2D eigenvalue weighted by Gasteiger charge is 2.49. The fourth-order valence-corrected chi connectivity index (χ4v) is 7.20. The maximum atomic E-state index is 6.27. The summed E-state index contributed by atoms with van der Waals surface area (Å²) in [5, 5.41) is 0. The molecule has 0 atom stereocenters. The molecule has 0 aliphatic heterocycles. The maximum Gasteiger partial charge on any atom is 0.526 e. The van der Waals surface area contributed by atoms with Gasteiger partial charge in [-0.1, -0.05) is 53.9 Å². The van der Waals surface area contributed by atoms with E-state index in [4.69, 9.17) is 20.1 Å². The molecule has 0 N–H and O–H groups in total. The average molecular weight is 239 g/mol. The molecule has 0 aromatic rings. The van der Waals surface area contributed by atoms with Crippen LogP contribution in [0.25, 0.3) is 0 Å². The van der Waals surface area contributed by atoms with E-state index in [0.29, 0.717) is 0 Å². The topological polar surface area (TPSA) is 0 Å². The van der Waals surface area contributed by atoms with Gasteiger partial charge in [0.1, 0.15) is 0 Å². The smallest absolute Gasteiger partial charge is 0.233 e. The van der Waals surface area contributed by atoms with E-state index in [0.717, 1.165) is 19.3 Å². The van der Waals surface area contributed by atoms with Crippen LogP contribution in [0.5, 0.6) is 0 Å². The van der Waals surface area contributed by atoms with Gasteiger partial charge >= 0.3 is 12.3 Å². The van der Waals surface area contributed by atoms with Crippen molar-refractivity contribution >= 4 is 32.4 Å². The second-order valence-corrected chi connectivity index (χ2v) is 9.40. The van der Waals surface area contributed by atoms with Crippen molar-refractivity contribution in [3.8, 4) is 0 Å². The summed E-state index contributed by atoms with van der Waals surface area (Å²) < 4.78 is 0.199. The summed E-state index contributed by atoms with van der Waals surface area (Å²) in [6.45, 7) is 11.2. The van der Waals surface area contributed by atoms with Crippen LogP contribution in [-0.4, -0.2) is 12.3 Å². The lowest BCUT2D eigenvalue weighted by molar-refractivity contribution is 0.207. The molecule has 13 heavy (non-hydrogen) atoms. The largest absolute Gasteiger partial charge is 0.526 e. The van der Waals surface area contributed by atoms with E-state index in [9.17, 15) is 0 Å². The van der Waals surface area contributed by atoms with E-state index in [1.807, 2.05) is 0 Å². The first-order valence-electron chi connectivity index (χ1n) is 5.16. The number of hydrogen-bond donors (Lipinski definition) is 0. The molecule has 0 aliphatic rings. The normalized spacial score (nSPS) is 13.2. The predicted molar refractivity (Wildman–Crippen MR) is 64.8 cm³/mol. The lowest BCUT2D eigenvalue weighted by Gasteiger charge is -2.45. The minimum atomic E-state index is -1.62. The average Bonchev–Trinajstić information content (AvgIpc) is 2.06. The van der Waals surface area contributed by atoms with E-state index in [1.54, 1.807) is 0 Å². The summed E-state index contributed by atoms with van der Waals surface area (Å²) in [6.07, 6.45) is 3.36. The summed E-state index contributed by atoms with van der Waals surface area (Å²) in [5.74, 6) is 0. The fourth-order valence-electron chi connectivity index (χ4n) is 2.16. The first-order chi connectivity index (χ1) is 5.88. The third-order valence-electron chi connectivity index (χ3n) is 3.91. The van der Waals surface area contributed by atoms with Crippen molar-refractivity contribution in [2.75, 3.05) is 0 Å². The number of rotatable bonds is 5. The van der Waals surface area contributed by atoms with Crippen molar-refractivity contribution in [3.63, 3.8) is 0 Å².